The predicted molar refractivity (Wildman–Crippen MR) is 77.0 cm³/mol. The summed E-state index contributed by atoms with van der Waals surface area (Å²) in [5.74, 6) is -0.217. The average Bonchev–Trinajstić information content (AvgIpc) is 2.39. The fourth-order valence-corrected chi connectivity index (χ4v) is 1.98. The summed E-state index contributed by atoms with van der Waals surface area (Å²) in [5, 5.41) is 3.36. The summed E-state index contributed by atoms with van der Waals surface area (Å²) in [6.45, 7) is 2.00. The standard InChI is InChI=1S/C15H18FN3/c1-11(12-5-4-6-13(16)9-12)18-14-10-17-8-7-15(14)19(2)3/h4-11,18H,1-3H3. The van der Waals surface area contributed by atoms with Crippen LogP contribution in [-0.2, 0) is 0 Å². The molecule has 0 aliphatic rings. The van der Waals surface area contributed by atoms with Crippen LogP contribution in [0.3, 0.4) is 0 Å². The van der Waals surface area contributed by atoms with Crippen molar-refractivity contribution in [1.82, 2.24) is 4.98 Å². The zero-order chi connectivity index (χ0) is 13.8. The van der Waals surface area contributed by atoms with Crippen molar-refractivity contribution in [1.29, 1.82) is 0 Å². The van der Waals surface area contributed by atoms with Gasteiger partial charge in [-0.15, -0.1) is 0 Å². The van der Waals surface area contributed by atoms with E-state index in [2.05, 4.69) is 10.3 Å². The van der Waals surface area contributed by atoms with Crippen LogP contribution in [0.5, 0.6) is 0 Å². The van der Waals surface area contributed by atoms with Crippen molar-refractivity contribution in [3.63, 3.8) is 0 Å². The summed E-state index contributed by atoms with van der Waals surface area (Å²) in [6.07, 6.45) is 3.54. The number of aromatic nitrogens is 1. The molecule has 1 unspecified atom stereocenters. The SMILES string of the molecule is CC(Nc1cnccc1N(C)C)c1cccc(F)c1. The van der Waals surface area contributed by atoms with Gasteiger partial charge in [0.15, 0.2) is 0 Å². The molecule has 1 N–H and O–H groups in total. The molecule has 2 rings (SSSR count). The molecule has 3 nitrogen and oxygen atoms in total. The van der Waals surface area contributed by atoms with E-state index in [4.69, 9.17) is 0 Å². The molecular weight excluding hydrogens is 241 g/mol. The van der Waals surface area contributed by atoms with Crippen molar-refractivity contribution in [3.05, 3.63) is 54.1 Å². The summed E-state index contributed by atoms with van der Waals surface area (Å²) >= 11 is 0. The molecule has 1 atom stereocenters. The van der Waals surface area contributed by atoms with Crippen molar-refractivity contribution in [3.8, 4) is 0 Å². The van der Waals surface area contributed by atoms with Gasteiger partial charge >= 0.3 is 0 Å². The molecule has 1 heterocycles. The van der Waals surface area contributed by atoms with E-state index in [0.717, 1.165) is 16.9 Å². The first kappa shape index (κ1) is 13.3. The van der Waals surface area contributed by atoms with Crippen LogP contribution in [0.1, 0.15) is 18.5 Å². The van der Waals surface area contributed by atoms with Gasteiger partial charge in [0, 0.05) is 26.3 Å². The van der Waals surface area contributed by atoms with E-state index in [1.54, 1.807) is 24.5 Å². The Morgan fingerprint density at radius 1 is 1.26 bits per heavy atom. The fraction of sp³-hybridized carbons (Fsp3) is 0.267. The number of anilines is 2. The number of hydrogen-bond acceptors (Lipinski definition) is 3. The van der Waals surface area contributed by atoms with Gasteiger partial charge in [0.05, 0.1) is 17.6 Å². The Morgan fingerprint density at radius 3 is 2.74 bits per heavy atom. The Bertz CT molecular complexity index is 555. The van der Waals surface area contributed by atoms with Gasteiger partial charge in [-0.1, -0.05) is 12.1 Å². The summed E-state index contributed by atoms with van der Waals surface area (Å²) in [6, 6.07) is 8.58. The van der Waals surface area contributed by atoms with Crippen LogP contribution in [0.25, 0.3) is 0 Å². The molecule has 0 radical (unpaired) electrons. The van der Waals surface area contributed by atoms with Gasteiger partial charge in [-0.3, -0.25) is 4.98 Å². The first-order chi connectivity index (χ1) is 9.08. The zero-order valence-corrected chi connectivity index (χ0v) is 11.4. The van der Waals surface area contributed by atoms with Crippen LogP contribution in [0.2, 0.25) is 0 Å². The lowest BCUT2D eigenvalue weighted by molar-refractivity contribution is 0.623. The number of halogens is 1. The Kier molecular flexibility index (Phi) is 4.00. The van der Waals surface area contributed by atoms with Gasteiger partial charge in [0.2, 0.25) is 0 Å². The Labute approximate surface area is 113 Å². The normalized spacial score (nSPS) is 12.0. The van der Waals surface area contributed by atoms with Crippen molar-refractivity contribution >= 4 is 11.4 Å². The van der Waals surface area contributed by atoms with Crippen molar-refractivity contribution in [2.45, 2.75) is 13.0 Å². The van der Waals surface area contributed by atoms with Crippen LogP contribution in [0.4, 0.5) is 15.8 Å². The van der Waals surface area contributed by atoms with E-state index >= 15 is 0 Å². The Hall–Kier alpha value is -2.10. The van der Waals surface area contributed by atoms with E-state index < -0.39 is 0 Å². The molecule has 0 aliphatic heterocycles. The molecule has 0 bridgehead atoms. The third-order valence-corrected chi connectivity index (χ3v) is 3.00. The highest BCUT2D eigenvalue weighted by atomic mass is 19.1. The summed E-state index contributed by atoms with van der Waals surface area (Å²) in [7, 11) is 3.96. The van der Waals surface area contributed by atoms with Gasteiger partial charge in [-0.25, -0.2) is 4.39 Å². The predicted octanol–water partition coefficient (Wildman–Crippen LogP) is 3.46. The van der Waals surface area contributed by atoms with Crippen molar-refractivity contribution in [2.75, 3.05) is 24.3 Å². The smallest absolute Gasteiger partial charge is 0.123 e. The van der Waals surface area contributed by atoms with E-state index in [1.807, 2.05) is 38.1 Å². The molecule has 19 heavy (non-hydrogen) atoms. The van der Waals surface area contributed by atoms with Crippen LogP contribution < -0.4 is 10.2 Å². The number of pyridine rings is 1. The minimum absolute atomic E-state index is 0.0126. The third kappa shape index (κ3) is 3.22. The molecule has 1 aromatic heterocycles. The first-order valence-corrected chi connectivity index (χ1v) is 6.21. The second-order valence-electron chi connectivity index (χ2n) is 4.71. The molecule has 4 heteroatoms. The zero-order valence-electron chi connectivity index (χ0n) is 11.4. The Morgan fingerprint density at radius 2 is 2.05 bits per heavy atom. The maximum Gasteiger partial charge on any atom is 0.123 e. The van der Waals surface area contributed by atoms with Gasteiger partial charge in [-0.2, -0.15) is 0 Å². The lowest BCUT2D eigenvalue weighted by atomic mass is 10.1. The van der Waals surface area contributed by atoms with Gasteiger partial charge in [0.25, 0.3) is 0 Å². The average molecular weight is 259 g/mol. The third-order valence-electron chi connectivity index (χ3n) is 3.00. The van der Waals surface area contributed by atoms with Crippen LogP contribution in [0.15, 0.2) is 42.7 Å². The van der Waals surface area contributed by atoms with Crippen LogP contribution in [0, 0.1) is 5.82 Å². The van der Waals surface area contributed by atoms with E-state index in [9.17, 15) is 4.39 Å². The number of nitrogens with zero attached hydrogens (tertiary/aromatic N) is 2. The van der Waals surface area contributed by atoms with E-state index in [0.29, 0.717) is 0 Å². The topological polar surface area (TPSA) is 28.2 Å². The van der Waals surface area contributed by atoms with Gasteiger partial charge < -0.3 is 10.2 Å². The maximum atomic E-state index is 13.2. The fourth-order valence-electron chi connectivity index (χ4n) is 1.98. The second kappa shape index (κ2) is 5.69. The molecule has 0 aliphatic carbocycles. The number of hydrogen-bond donors (Lipinski definition) is 1. The molecule has 0 fully saturated rings. The molecular formula is C15H18FN3. The summed E-state index contributed by atoms with van der Waals surface area (Å²) < 4.78 is 13.2. The quantitative estimate of drug-likeness (QED) is 0.911. The molecule has 0 saturated heterocycles. The summed E-state index contributed by atoms with van der Waals surface area (Å²) in [4.78, 5) is 6.14. The number of benzene rings is 1. The minimum atomic E-state index is -0.217. The first-order valence-electron chi connectivity index (χ1n) is 6.21. The lowest BCUT2D eigenvalue weighted by Gasteiger charge is -2.21. The van der Waals surface area contributed by atoms with E-state index in [1.165, 1.54) is 6.07 Å². The molecule has 0 spiro atoms. The lowest BCUT2D eigenvalue weighted by Crippen LogP contribution is -2.14. The Balaban J connectivity index is 2.22. The molecule has 0 saturated carbocycles. The maximum absolute atomic E-state index is 13.2. The monoisotopic (exact) mass is 259 g/mol. The largest absolute Gasteiger partial charge is 0.376 e. The molecule has 0 amide bonds. The second-order valence-corrected chi connectivity index (χ2v) is 4.71. The van der Waals surface area contributed by atoms with Crippen molar-refractivity contribution in [2.24, 2.45) is 0 Å². The summed E-state index contributed by atoms with van der Waals surface area (Å²) in [5.41, 5.74) is 2.90. The highest BCUT2D eigenvalue weighted by molar-refractivity contribution is 5.68. The minimum Gasteiger partial charge on any atom is -0.376 e. The van der Waals surface area contributed by atoms with Crippen LogP contribution >= 0.6 is 0 Å². The molecule has 2 aromatic rings. The van der Waals surface area contributed by atoms with Gasteiger partial charge in [-0.05, 0) is 30.7 Å². The molecule has 1 aromatic carbocycles. The molecule has 100 valence electrons. The van der Waals surface area contributed by atoms with Crippen LogP contribution in [-0.4, -0.2) is 19.1 Å². The highest BCUT2D eigenvalue weighted by Gasteiger charge is 2.10. The number of nitrogens with one attached hydrogen (secondary N) is 1. The highest BCUT2D eigenvalue weighted by Crippen LogP contribution is 2.27. The number of rotatable bonds is 4. The van der Waals surface area contributed by atoms with Gasteiger partial charge in [0.1, 0.15) is 5.82 Å². The van der Waals surface area contributed by atoms with E-state index in [-0.39, 0.29) is 11.9 Å². The van der Waals surface area contributed by atoms with Crippen molar-refractivity contribution < 1.29 is 4.39 Å².